The molecule has 188 valence electrons. The molecule has 0 aromatic heterocycles. The van der Waals surface area contributed by atoms with E-state index < -0.39 is 5.97 Å². The van der Waals surface area contributed by atoms with Gasteiger partial charge in [0, 0.05) is 12.0 Å². The van der Waals surface area contributed by atoms with E-state index in [2.05, 4.69) is 5.32 Å². The second kappa shape index (κ2) is 10.9. The van der Waals surface area contributed by atoms with E-state index in [1.54, 1.807) is 0 Å². The molecule has 2 aliphatic rings. The summed E-state index contributed by atoms with van der Waals surface area (Å²) < 4.78 is 16.7. The van der Waals surface area contributed by atoms with Crippen molar-refractivity contribution in [2.45, 2.75) is 56.9 Å². The Bertz CT molecular complexity index is 1250. The summed E-state index contributed by atoms with van der Waals surface area (Å²) in [5, 5.41) is 14.6. The third-order valence-corrected chi connectivity index (χ3v) is 7.01. The van der Waals surface area contributed by atoms with E-state index in [0.717, 1.165) is 47.6 Å². The fourth-order valence-electron chi connectivity index (χ4n) is 5.12. The number of ether oxygens (including phenoxy) is 3. The highest BCUT2D eigenvalue weighted by Gasteiger charge is 2.22. The van der Waals surface area contributed by atoms with E-state index in [4.69, 9.17) is 14.2 Å². The fourth-order valence-corrected chi connectivity index (χ4v) is 5.12. The summed E-state index contributed by atoms with van der Waals surface area (Å²) in [6, 6.07) is 17.4. The van der Waals surface area contributed by atoms with E-state index in [1.807, 2.05) is 54.6 Å². The van der Waals surface area contributed by atoms with Crippen LogP contribution in [0.25, 0.3) is 10.8 Å². The number of carboxylic acids is 1. The Labute approximate surface area is 210 Å². The molecular weight excluding hydrogens is 458 g/mol. The van der Waals surface area contributed by atoms with Crippen molar-refractivity contribution in [3.8, 4) is 17.2 Å². The molecule has 0 bridgehead atoms. The standard InChI is InChI=1S/C29H31NO6/c31-28(30-23-5-3-1-2-4-6-23)17-34-24-11-9-19-7-8-20(13-22(19)14-24)25(16-29(32)33)21-10-12-26-27(15-21)36-18-35-26/h7-15,23,25H,1-6,16-18H2,(H,30,31)(H,32,33). The molecule has 1 fully saturated rings. The molecule has 1 aliphatic heterocycles. The number of carbonyl (C=O) groups excluding carboxylic acids is 1. The number of benzene rings is 3. The lowest BCUT2D eigenvalue weighted by atomic mass is 9.87. The number of hydrogen-bond acceptors (Lipinski definition) is 5. The van der Waals surface area contributed by atoms with Crippen molar-refractivity contribution in [3.63, 3.8) is 0 Å². The molecule has 1 amide bonds. The van der Waals surface area contributed by atoms with Crippen LogP contribution in [0.2, 0.25) is 0 Å². The topological polar surface area (TPSA) is 94.1 Å². The number of nitrogens with one attached hydrogen (secondary N) is 1. The maximum absolute atomic E-state index is 12.4. The summed E-state index contributed by atoms with van der Waals surface area (Å²) in [5.41, 5.74) is 1.73. The Morgan fingerprint density at radius 2 is 1.61 bits per heavy atom. The molecule has 0 saturated heterocycles. The van der Waals surface area contributed by atoms with Gasteiger partial charge in [0.1, 0.15) is 5.75 Å². The molecule has 3 aromatic carbocycles. The minimum atomic E-state index is -0.880. The molecule has 1 unspecified atom stereocenters. The van der Waals surface area contributed by atoms with Gasteiger partial charge in [-0.25, -0.2) is 0 Å². The fraction of sp³-hybridized carbons (Fsp3) is 0.379. The van der Waals surface area contributed by atoms with Gasteiger partial charge in [-0.3, -0.25) is 9.59 Å². The Kier molecular flexibility index (Phi) is 7.26. The Morgan fingerprint density at radius 3 is 2.42 bits per heavy atom. The second-order valence-electron chi connectivity index (χ2n) is 9.58. The van der Waals surface area contributed by atoms with Crippen LogP contribution in [-0.4, -0.2) is 36.4 Å². The first kappa shape index (κ1) is 24.0. The van der Waals surface area contributed by atoms with Crippen molar-refractivity contribution in [1.82, 2.24) is 5.32 Å². The third-order valence-electron chi connectivity index (χ3n) is 7.01. The van der Waals surface area contributed by atoms with Crippen molar-refractivity contribution < 1.29 is 28.9 Å². The van der Waals surface area contributed by atoms with E-state index in [9.17, 15) is 14.7 Å². The lowest BCUT2D eigenvalue weighted by Gasteiger charge is -2.18. The normalized spacial score (nSPS) is 16.3. The summed E-state index contributed by atoms with van der Waals surface area (Å²) in [6.45, 7) is 0.139. The molecule has 36 heavy (non-hydrogen) atoms. The molecule has 1 aliphatic carbocycles. The van der Waals surface area contributed by atoms with E-state index >= 15 is 0 Å². The van der Waals surface area contributed by atoms with Crippen LogP contribution in [-0.2, 0) is 9.59 Å². The zero-order valence-electron chi connectivity index (χ0n) is 20.2. The summed E-state index contributed by atoms with van der Waals surface area (Å²) in [4.78, 5) is 24.1. The Hall–Kier alpha value is -3.74. The Morgan fingerprint density at radius 1 is 0.889 bits per heavy atom. The van der Waals surface area contributed by atoms with Crippen LogP contribution in [0.5, 0.6) is 17.2 Å². The molecule has 5 rings (SSSR count). The SMILES string of the molecule is O=C(O)CC(c1ccc2c(c1)OCO2)c1ccc2ccc(OCC(=O)NC3CCCCCC3)cc2c1. The van der Waals surface area contributed by atoms with Crippen LogP contribution >= 0.6 is 0 Å². The number of fused-ring (bicyclic) bond motifs is 2. The van der Waals surface area contributed by atoms with E-state index in [-0.39, 0.29) is 37.7 Å². The van der Waals surface area contributed by atoms with Gasteiger partial charge in [-0.2, -0.15) is 0 Å². The van der Waals surface area contributed by atoms with Crippen LogP contribution in [0.1, 0.15) is 62.0 Å². The number of hydrogen-bond donors (Lipinski definition) is 2. The molecule has 1 atom stereocenters. The highest BCUT2D eigenvalue weighted by Crippen LogP contribution is 2.38. The zero-order chi connectivity index (χ0) is 24.9. The minimum absolute atomic E-state index is 0.0272. The van der Waals surface area contributed by atoms with Gasteiger partial charge in [0.15, 0.2) is 18.1 Å². The molecular formula is C29H31NO6. The summed E-state index contributed by atoms with van der Waals surface area (Å²) in [6.07, 6.45) is 6.81. The van der Waals surface area contributed by atoms with Gasteiger partial charge >= 0.3 is 5.97 Å². The van der Waals surface area contributed by atoms with Gasteiger partial charge in [0.05, 0.1) is 6.42 Å². The summed E-state index contributed by atoms with van der Waals surface area (Å²) >= 11 is 0. The lowest BCUT2D eigenvalue weighted by Crippen LogP contribution is -2.37. The maximum Gasteiger partial charge on any atom is 0.304 e. The first-order valence-corrected chi connectivity index (χ1v) is 12.6. The number of aliphatic carboxylic acids is 1. The van der Waals surface area contributed by atoms with Gasteiger partial charge in [0.2, 0.25) is 6.79 Å². The number of amides is 1. The predicted octanol–water partition coefficient (Wildman–Crippen LogP) is 5.39. The first-order valence-electron chi connectivity index (χ1n) is 12.6. The van der Waals surface area contributed by atoms with E-state index in [1.165, 1.54) is 12.8 Å². The monoisotopic (exact) mass is 489 g/mol. The largest absolute Gasteiger partial charge is 0.484 e. The Balaban J connectivity index is 1.32. The second-order valence-corrected chi connectivity index (χ2v) is 9.58. The summed E-state index contributed by atoms with van der Waals surface area (Å²) in [5.74, 6) is 0.567. The molecule has 7 heteroatoms. The van der Waals surface area contributed by atoms with Crippen molar-refractivity contribution in [1.29, 1.82) is 0 Å². The quantitative estimate of drug-likeness (QED) is 0.412. The number of carboxylic acid groups (broad SMARTS) is 1. The average molecular weight is 490 g/mol. The van der Waals surface area contributed by atoms with Crippen LogP contribution in [0.15, 0.2) is 54.6 Å². The van der Waals surface area contributed by atoms with Gasteiger partial charge < -0.3 is 24.6 Å². The predicted molar refractivity (Wildman–Crippen MR) is 136 cm³/mol. The van der Waals surface area contributed by atoms with Crippen LogP contribution in [0, 0.1) is 0 Å². The van der Waals surface area contributed by atoms with Crippen LogP contribution < -0.4 is 19.5 Å². The average Bonchev–Trinajstić information content (AvgIpc) is 3.20. The molecule has 7 nitrogen and oxygen atoms in total. The highest BCUT2D eigenvalue weighted by atomic mass is 16.7. The van der Waals surface area contributed by atoms with Crippen LogP contribution in [0.3, 0.4) is 0 Å². The van der Waals surface area contributed by atoms with Gasteiger partial charge in [-0.1, -0.05) is 56.0 Å². The van der Waals surface area contributed by atoms with Crippen molar-refractivity contribution in [2.24, 2.45) is 0 Å². The van der Waals surface area contributed by atoms with Gasteiger partial charge in [-0.05, 0) is 59.0 Å². The number of rotatable bonds is 8. The van der Waals surface area contributed by atoms with E-state index in [0.29, 0.717) is 17.2 Å². The third kappa shape index (κ3) is 5.73. The highest BCUT2D eigenvalue weighted by molar-refractivity contribution is 5.85. The molecule has 1 saturated carbocycles. The van der Waals surface area contributed by atoms with Gasteiger partial charge in [-0.15, -0.1) is 0 Å². The maximum atomic E-state index is 12.4. The van der Waals surface area contributed by atoms with Crippen molar-refractivity contribution in [2.75, 3.05) is 13.4 Å². The van der Waals surface area contributed by atoms with Crippen LogP contribution in [0.4, 0.5) is 0 Å². The van der Waals surface area contributed by atoms with Crippen molar-refractivity contribution in [3.05, 3.63) is 65.7 Å². The van der Waals surface area contributed by atoms with Gasteiger partial charge in [0.25, 0.3) is 5.91 Å². The minimum Gasteiger partial charge on any atom is -0.484 e. The smallest absolute Gasteiger partial charge is 0.304 e. The number of carbonyl (C=O) groups is 2. The molecule has 2 N–H and O–H groups in total. The lowest BCUT2D eigenvalue weighted by molar-refractivity contribution is -0.137. The zero-order valence-corrected chi connectivity index (χ0v) is 20.2. The molecule has 0 spiro atoms. The van der Waals surface area contributed by atoms with Crippen molar-refractivity contribution >= 4 is 22.6 Å². The molecule has 3 aromatic rings. The molecule has 1 heterocycles. The molecule has 0 radical (unpaired) electrons. The first-order chi connectivity index (χ1) is 17.5. The summed E-state index contributed by atoms with van der Waals surface area (Å²) in [7, 11) is 0.